The van der Waals surface area contributed by atoms with Gasteiger partial charge >= 0.3 is 0 Å². The van der Waals surface area contributed by atoms with Gasteiger partial charge in [0.05, 0.1) is 45.2 Å². The van der Waals surface area contributed by atoms with Crippen LogP contribution in [0.1, 0.15) is 13.8 Å². The molecule has 444 valence electrons. The summed E-state index contributed by atoms with van der Waals surface area (Å²) in [5.41, 5.74) is 0. The summed E-state index contributed by atoms with van der Waals surface area (Å²) < 4.78 is 72.6. The topological polar surface area (TPSA) is 545 Å². The maximum atomic E-state index is 11.6. The van der Waals surface area contributed by atoms with Crippen LogP contribution in [0.5, 0.6) is 0 Å². The normalized spacial score (nSPS) is 54.6. The summed E-state index contributed by atoms with van der Waals surface area (Å²) in [6, 6.07) is 0. The predicted molar refractivity (Wildman–Crippen MR) is 229 cm³/mol. The Kier molecular flexibility index (Phi) is 21.5. The molecule has 7 heterocycles. The van der Waals surface area contributed by atoms with E-state index in [4.69, 9.17) is 61.6 Å². The Morgan fingerprint density at radius 1 is 0.263 bits per heavy atom. The molecule has 0 unspecified atom stereocenters. The van der Waals surface area contributed by atoms with Gasteiger partial charge in [0.25, 0.3) is 0 Å². The van der Waals surface area contributed by atoms with Gasteiger partial charge in [0.1, 0.15) is 159 Å². The monoisotopic (exact) mass is 1120 g/mol. The summed E-state index contributed by atoms with van der Waals surface area (Å²) in [6.45, 7) is -1.96. The second kappa shape index (κ2) is 26.3. The molecule has 7 aliphatic rings. The molecule has 0 aromatic rings. The van der Waals surface area contributed by atoms with Crippen LogP contribution in [0.3, 0.4) is 0 Å². The Hall–Kier alpha value is -1.36. The van der Waals surface area contributed by atoms with E-state index in [1.165, 1.54) is 13.8 Å². The van der Waals surface area contributed by atoms with Crippen LogP contribution in [-0.4, -0.2) is 355 Å². The molecule has 0 radical (unpaired) electrons. The molecule has 21 N–H and O–H groups in total. The Morgan fingerprint density at radius 3 is 1.18 bits per heavy atom. The number of hydrogen-bond donors (Lipinski definition) is 21. The van der Waals surface area contributed by atoms with E-state index in [1.54, 1.807) is 0 Å². The van der Waals surface area contributed by atoms with Crippen molar-refractivity contribution >= 4 is 0 Å². The predicted octanol–water partition coefficient (Wildman–Crippen LogP) is -14.2. The van der Waals surface area contributed by atoms with Crippen molar-refractivity contribution in [2.45, 2.75) is 229 Å². The van der Waals surface area contributed by atoms with Crippen molar-refractivity contribution in [3.05, 3.63) is 0 Å². The first-order valence-electron chi connectivity index (χ1n) is 24.4. The highest BCUT2D eigenvalue weighted by Crippen LogP contribution is 2.37. The minimum atomic E-state index is -2.26. The van der Waals surface area contributed by atoms with Gasteiger partial charge in [-0.3, -0.25) is 0 Å². The van der Waals surface area contributed by atoms with Gasteiger partial charge in [-0.05, 0) is 13.8 Å². The number of ether oxygens (including phenoxy) is 13. The molecule has 0 bridgehead atoms. The molecular weight excluding hydrogens is 1050 g/mol. The molecule has 34 nitrogen and oxygen atoms in total. The van der Waals surface area contributed by atoms with Crippen LogP contribution in [0.4, 0.5) is 0 Å². The minimum absolute atomic E-state index is 0.827. The Bertz CT molecular complexity index is 1780. The van der Waals surface area contributed by atoms with Gasteiger partial charge in [-0.25, -0.2) is 0 Å². The maximum absolute atomic E-state index is 11.6. The number of aliphatic hydroxyl groups excluding tert-OH is 21. The Labute approximate surface area is 430 Å². The highest BCUT2D eigenvalue weighted by molar-refractivity contribution is 5.00. The molecule has 7 rings (SSSR count). The van der Waals surface area contributed by atoms with Crippen LogP contribution in [0.15, 0.2) is 0 Å². The first-order valence-corrected chi connectivity index (χ1v) is 24.4. The average molecular weight is 1120 g/mol. The summed E-state index contributed by atoms with van der Waals surface area (Å²) in [5.74, 6) is 0. The zero-order valence-corrected chi connectivity index (χ0v) is 40.4. The first kappa shape index (κ1) is 62.2. The maximum Gasteiger partial charge on any atom is 0.187 e. The van der Waals surface area contributed by atoms with Crippen molar-refractivity contribution in [3.8, 4) is 0 Å². The molecule has 7 fully saturated rings. The highest BCUT2D eigenvalue weighted by Gasteiger charge is 2.58. The molecule has 0 amide bonds. The average Bonchev–Trinajstić information content (AvgIpc) is 3.40. The molecule has 76 heavy (non-hydrogen) atoms. The molecule has 0 aliphatic carbocycles. The van der Waals surface area contributed by atoms with E-state index in [1.807, 2.05) is 0 Å². The Balaban J connectivity index is 0.999. The third-order valence-corrected chi connectivity index (χ3v) is 14.4. The molecule has 0 saturated carbocycles. The van der Waals surface area contributed by atoms with Gasteiger partial charge in [0, 0.05) is 0 Å². The standard InChI is InChI=1S/C42H72O34/c1-8-15(47)21(53)26(58)38(65-8)73-32-16(48)9(2)66-40(29(32)61)74-33-20(52)12(5-45)69-41(30(33)62)76-35-24(56)18(50)11(4-44)70-42(35)75-34-23(55)19(51)14(67-36(34)63)7-64-37-28(60)25(57)31(13(6-46)71-37)72-39-27(59)22(54)17(49)10(3-43)68-39/h8-63H,3-7H2,1-2H3/t8-,9-,10+,11+,12+,13+,14+,15-,16-,17+,18+,19+,20+,21+,22-,23-,24-,25+,26+,27+,28+,29+,30-,31-,32+,33-,34-,35-,36+,37-,38-,39+,40-,41+,42+/m0/s1. The van der Waals surface area contributed by atoms with Crippen molar-refractivity contribution < 1.29 is 169 Å². The molecule has 0 spiro atoms. The lowest BCUT2D eigenvalue weighted by Gasteiger charge is -2.49. The molecule has 0 aromatic carbocycles. The van der Waals surface area contributed by atoms with Crippen LogP contribution in [0, 0.1) is 0 Å². The van der Waals surface area contributed by atoms with E-state index in [2.05, 4.69) is 0 Å². The molecule has 7 aliphatic heterocycles. The van der Waals surface area contributed by atoms with Crippen molar-refractivity contribution in [1.29, 1.82) is 0 Å². The highest BCUT2D eigenvalue weighted by atomic mass is 16.8. The zero-order valence-electron chi connectivity index (χ0n) is 40.4. The van der Waals surface area contributed by atoms with Crippen LogP contribution in [0.2, 0.25) is 0 Å². The largest absolute Gasteiger partial charge is 0.394 e. The molecular formula is C42H72O34. The van der Waals surface area contributed by atoms with Gasteiger partial charge in [0.15, 0.2) is 44.0 Å². The van der Waals surface area contributed by atoms with Crippen molar-refractivity contribution in [2.75, 3.05) is 33.0 Å². The second-order valence-corrected chi connectivity index (χ2v) is 19.6. The smallest absolute Gasteiger partial charge is 0.187 e. The van der Waals surface area contributed by atoms with Crippen molar-refractivity contribution in [1.82, 2.24) is 0 Å². The lowest BCUT2D eigenvalue weighted by atomic mass is 9.95. The summed E-state index contributed by atoms with van der Waals surface area (Å²) >= 11 is 0. The van der Waals surface area contributed by atoms with E-state index in [9.17, 15) is 107 Å². The van der Waals surface area contributed by atoms with Crippen LogP contribution in [-0.2, 0) is 61.6 Å². The van der Waals surface area contributed by atoms with E-state index in [0.29, 0.717) is 0 Å². The minimum Gasteiger partial charge on any atom is -0.394 e. The number of rotatable bonds is 17. The van der Waals surface area contributed by atoms with Gasteiger partial charge in [0.2, 0.25) is 0 Å². The third kappa shape index (κ3) is 12.7. The Morgan fingerprint density at radius 2 is 0.618 bits per heavy atom. The van der Waals surface area contributed by atoms with Crippen LogP contribution >= 0.6 is 0 Å². The molecule has 7 saturated heterocycles. The summed E-state index contributed by atoms with van der Waals surface area (Å²) in [4.78, 5) is 0. The SMILES string of the molecule is C[C@@H]1O[C@@H](O[C@@H]2[C@@H](O)[C@H](C)O[C@@H](O[C@@H]3[C@H](O)[C@@H](O[C@@H]4[C@@H](O[C@H]5[C@@H](O)[C@H](O)[C@@H](CO[C@H]6O[C@H](CO)[C@H](O[C@H]7O[C@H](CO)[C@@H](O)[C@H](O)[C@H]7O)[C@H](O)[C@H]6O)O[C@H]5O)O[C@H](CO)[C@@H](O)[C@@H]4O)O[C@H](CO)[C@H]3O)[C@@H]2O)[C@H](O)[C@H](O)[C@H]1O. The fourth-order valence-corrected chi connectivity index (χ4v) is 9.74. The van der Waals surface area contributed by atoms with Gasteiger partial charge in [-0.15, -0.1) is 0 Å². The number of aliphatic hydroxyl groups is 21. The van der Waals surface area contributed by atoms with E-state index >= 15 is 0 Å². The molecule has 34 heteroatoms. The van der Waals surface area contributed by atoms with Crippen LogP contribution < -0.4 is 0 Å². The quantitative estimate of drug-likeness (QED) is 0.0643. The van der Waals surface area contributed by atoms with Gasteiger partial charge in [-0.1, -0.05) is 0 Å². The fourth-order valence-electron chi connectivity index (χ4n) is 9.74. The van der Waals surface area contributed by atoms with Crippen LogP contribution in [0.25, 0.3) is 0 Å². The summed E-state index contributed by atoms with van der Waals surface area (Å²) in [7, 11) is 0. The lowest BCUT2D eigenvalue weighted by molar-refractivity contribution is -0.402. The lowest BCUT2D eigenvalue weighted by Crippen LogP contribution is -2.68. The fraction of sp³-hybridized carbons (Fsp3) is 1.00. The van der Waals surface area contributed by atoms with Gasteiger partial charge < -0.3 is 169 Å². The summed E-state index contributed by atoms with van der Waals surface area (Å²) in [6.07, 6.45) is -65.0. The van der Waals surface area contributed by atoms with E-state index in [0.717, 1.165) is 0 Å². The second-order valence-electron chi connectivity index (χ2n) is 19.6. The molecule has 0 aromatic heterocycles. The number of hydrogen-bond acceptors (Lipinski definition) is 34. The van der Waals surface area contributed by atoms with E-state index < -0.39 is 248 Å². The van der Waals surface area contributed by atoms with Crippen molar-refractivity contribution in [3.63, 3.8) is 0 Å². The zero-order chi connectivity index (χ0) is 55.9. The van der Waals surface area contributed by atoms with Gasteiger partial charge in [-0.2, -0.15) is 0 Å². The van der Waals surface area contributed by atoms with Crippen molar-refractivity contribution in [2.24, 2.45) is 0 Å². The third-order valence-electron chi connectivity index (χ3n) is 14.4. The summed E-state index contributed by atoms with van der Waals surface area (Å²) in [5, 5.41) is 224. The first-order chi connectivity index (χ1) is 35.9. The van der Waals surface area contributed by atoms with E-state index in [-0.39, 0.29) is 0 Å². The molecule has 35 atom stereocenters.